The van der Waals surface area contributed by atoms with Crippen LogP contribution in [-0.2, 0) is 47.5 Å². The molecule has 1 amide bonds. The smallest absolute Gasteiger partial charge is 0.349 e. The summed E-state index contributed by atoms with van der Waals surface area (Å²) in [6, 6.07) is 7.32. The zero-order chi connectivity index (χ0) is 33.8. The highest BCUT2D eigenvalue weighted by atomic mass is 32.3. The van der Waals surface area contributed by atoms with Gasteiger partial charge in [-0.05, 0) is 44.5 Å². The standard InChI is InChI=1S/C27H34N8O9S2/c1-27(2)19(24(37)35(27)44-46(40,41)42)11-21(36)23(20-15-45-26(29)31-20)32-43-22(25(38)39)12-30-18-7-5-16(6-8-18)17-13-33(3)34(14-17)10-4-9-28/h5-8,13-15,19,22,30H,4,9-12,28H2,1-3H3,(H3-,29,31,38,39,40,41,42)/b32-23-/t19-,22?/m1/s1. The number of nitrogens with zero attached hydrogens (tertiary/aromatic N) is 5. The summed E-state index contributed by atoms with van der Waals surface area (Å²) in [5.74, 6) is -4.13. The van der Waals surface area contributed by atoms with Gasteiger partial charge in [0, 0.05) is 17.5 Å². The molecule has 1 aliphatic heterocycles. The molecule has 19 heteroatoms. The molecular formula is C27H34N8O9S2. The Balaban J connectivity index is 1.44. The van der Waals surface area contributed by atoms with E-state index in [0.29, 0.717) is 17.3 Å². The Morgan fingerprint density at radius 1 is 1.28 bits per heavy atom. The van der Waals surface area contributed by atoms with E-state index in [9.17, 15) is 32.5 Å². The molecule has 17 nitrogen and oxygen atoms in total. The number of carboxylic acid groups (broad SMARTS) is 1. The number of anilines is 2. The normalized spacial score (nSPS) is 17.0. The van der Waals surface area contributed by atoms with Crippen molar-refractivity contribution in [1.29, 1.82) is 0 Å². The van der Waals surface area contributed by atoms with Crippen LogP contribution in [0, 0.1) is 5.92 Å². The van der Waals surface area contributed by atoms with Gasteiger partial charge < -0.3 is 31.3 Å². The van der Waals surface area contributed by atoms with E-state index in [1.807, 2.05) is 36.3 Å². The summed E-state index contributed by atoms with van der Waals surface area (Å²) < 4.78 is 41.2. The van der Waals surface area contributed by atoms with E-state index in [1.165, 1.54) is 19.2 Å². The first-order chi connectivity index (χ1) is 21.6. The molecule has 0 radical (unpaired) electrons. The van der Waals surface area contributed by atoms with Gasteiger partial charge in [-0.25, -0.2) is 18.2 Å². The third-order valence-corrected chi connectivity index (χ3v) is 8.33. The number of carbonyl (C=O) groups excluding carboxylic acids is 2. The average molecular weight is 679 g/mol. The summed E-state index contributed by atoms with van der Waals surface area (Å²) in [5, 5.41) is 18.5. The minimum Gasteiger partial charge on any atom is -0.724 e. The van der Waals surface area contributed by atoms with Crippen LogP contribution >= 0.6 is 11.3 Å². The second-order valence-electron chi connectivity index (χ2n) is 10.9. The van der Waals surface area contributed by atoms with E-state index < -0.39 is 57.8 Å². The van der Waals surface area contributed by atoms with Crippen LogP contribution in [0.3, 0.4) is 0 Å². The number of aliphatic carboxylic acids is 1. The molecular weight excluding hydrogens is 644 g/mol. The Morgan fingerprint density at radius 2 is 1.98 bits per heavy atom. The van der Waals surface area contributed by atoms with Crippen LogP contribution < -0.4 is 21.5 Å². The molecule has 3 aromatic rings. The molecule has 1 saturated heterocycles. The first-order valence-corrected chi connectivity index (χ1v) is 16.1. The van der Waals surface area contributed by atoms with Gasteiger partial charge in [0.2, 0.25) is 22.7 Å². The number of nitrogen functional groups attached to an aromatic ring is 1. The molecule has 2 aromatic heterocycles. The number of nitrogens with two attached hydrogens (primary N) is 2. The lowest BCUT2D eigenvalue weighted by Crippen LogP contribution is -2.68. The summed E-state index contributed by atoms with van der Waals surface area (Å²) >= 11 is 0.994. The third kappa shape index (κ3) is 8.04. The number of hydrogen-bond acceptors (Lipinski definition) is 14. The number of amides is 1. The number of oxime groups is 1. The second-order valence-corrected chi connectivity index (χ2v) is 12.8. The molecule has 3 heterocycles. The van der Waals surface area contributed by atoms with Crippen molar-refractivity contribution in [3.63, 3.8) is 0 Å². The van der Waals surface area contributed by atoms with Gasteiger partial charge in [0.25, 0.3) is 5.91 Å². The number of β-lactam (4-membered cyclic amide) rings is 1. The van der Waals surface area contributed by atoms with Gasteiger partial charge in [-0.15, -0.1) is 16.0 Å². The minimum atomic E-state index is -5.23. The highest BCUT2D eigenvalue weighted by Crippen LogP contribution is 2.40. The molecule has 0 saturated carbocycles. The van der Waals surface area contributed by atoms with Crippen molar-refractivity contribution >= 4 is 55.9 Å². The Hall–Kier alpha value is -4.43. The number of aromatic nitrogens is 3. The van der Waals surface area contributed by atoms with Crippen molar-refractivity contribution in [1.82, 2.24) is 14.7 Å². The number of benzene rings is 1. The number of ketones is 1. The highest BCUT2D eigenvalue weighted by molar-refractivity contribution is 7.80. The topological polar surface area (TPSA) is 248 Å². The number of carboxylic acids is 1. The Bertz CT molecular complexity index is 1740. The molecule has 1 fully saturated rings. The van der Waals surface area contributed by atoms with Crippen molar-refractivity contribution in [2.45, 2.75) is 44.9 Å². The fraction of sp³-hybridized carbons (Fsp3) is 0.407. The van der Waals surface area contributed by atoms with Gasteiger partial charge in [0.15, 0.2) is 23.7 Å². The Morgan fingerprint density at radius 3 is 2.54 bits per heavy atom. The van der Waals surface area contributed by atoms with Crippen LogP contribution in [0.2, 0.25) is 0 Å². The van der Waals surface area contributed by atoms with Gasteiger partial charge in [-0.2, -0.15) is 14.0 Å². The fourth-order valence-electron chi connectivity index (χ4n) is 4.75. The van der Waals surface area contributed by atoms with Crippen LogP contribution in [-0.4, -0.2) is 80.9 Å². The molecule has 0 bridgehead atoms. The number of carbonyl (C=O) groups is 3. The van der Waals surface area contributed by atoms with Gasteiger partial charge >= 0.3 is 5.97 Å². The van der Waals surface area contributed by atoms with Gasteiger partial charge in [0.1, 0.15) is 5.69 Å². The lowest BCUT2D eigenvalue weighted by Gasteiger charge is -2.51. The van der Waals surface area contributed by atoms with Crippen LogP contribution in [0.25, 0.3) is 11.1 Å². The summed E-state index contributed by atoms with van der Waals surface area (Å²) in [6.45, 7) is 3.96. The maximum Gasteiger partial charge on any atom is 0.349 e. The third-order valence-electron chi connectivity index (χ3n) is 7.33. The van der Waals surface area contributed by atoms with Crippen molar-refractivity contribution in [3.05, 3.63) is 47.7 Å². The molecule has 2 atom stereocenters. The number of aryl methyl sites for hydroxylation is 2. The quantitative estimate of drug-likeness (QED) is 0.0396. The summed E-state index contributed by atoms with van der Waals surface area (Å²) in [5.41, 5.74) is 12.1. The van der Waals surface area contributed by atoms with Crippen molar-refractivity contribution in [2.75, 3.05) is 24.1 Å². The van der Waals surface area contributed by atoms with Gasteiger partial charge in [-0.1, -0.05) is 17.3 Å². The maximum absolute atomic E-state index is 13.3. The SMILES string of the molecule is C[n+]1cc(-c2ccc(NCC(O/N=C(\C(=O)C[C@@H]3C(=O)N(OS(=O)(=O)[O-])C3(C)C)c3csc(N)n3)C(=O)O)cc2)cn1CCCN. The largest absolute Gasteiger partial charge is 0.724 e. The first kappa shape index (κ1) is 34.4. The molecule has 0 spiro atoms. The summed E-state index contributed by atoms with van der Waals surface area (Å²) in [7, 11) is -3.29. The number of hydrogen-bond donors (Lipinski definition) is 4. The zero-order valence-corrected chi connectivity index (χ0v) is 26.8. The molecule has 6 N–H and O–H groups in total. The Labute approximate surface area is 268 Å². The summed E-state index contributed by atoms with van der Waals surface area (Å²) in [4.78, 5) is 47.2. The van der Waals surface area contributed by atoms with Crippen molar-refractivity contribution < 1.29 is 46.3 Å². The second kappa shape index (κ2) is 13.9. The lowest BCUT2D eigenvalue weighted by molar-refractivity contribution is -0.753. The number of hydroxylamine groups is 2. The minimum absolute atomic E-state index is 0.00901. The predicted molar refractivity (Wildman–Crippen MR) is 164 cm³/mol. The van der Waals surface area contributed by atoms with E-state index in [-0.39, 0.29) is 17.4 Å². The highest BCUT2D eigenvalue weighted by Gasteiger charge is 2.57. The number of rotatable bonds is 16. The first-order valence-electron chi connectivity index (χ1n) is 13.9. The van der Waals surface area contributed by atoms with E-state index in [4.69, 9.17) is 16.3 Å². The van der Waals surface area contributed by atoms with Gasteiger partial charge in [-0.3, -0.25) is 9.59 Å². The van der Waals surface area contributed by atoms with Crippen LogP contribution in [0.4, 0.5) is 10.8 Å². The van der Waals surface area contributed by atoms with E-state index >= 15 is 0 Å². The molecule has 4 rings (SSSR count). The predicted octanol–water partition coefficient (Wildman–Crippen LogP) is 0.241. The average Bonchev–Trinajstić information content (AvgIpc) is 3.59. The number of nitrogens with one attached hydrogen (secondary N) is 1. The van der Waals surface area contributed by atoms with Crippen LogP contribution in [0.15, 0.2) is 47.2 Å². The zero-order valence-electron chi connectivity index (χ0n) is 25.2. The maximum atomic E-state index is 13.3. The molecule has 1 aromatic carbocycles. The summed E-state index contributed by atoms with van der Waals surface area (Å²) in [6.07, 6.45) is 2.81. The number of Topliss-reactive ketones (excluding diaryl/α,β-unsaturated/α-hetero) is 1. The van der Waals surface area contributed by atoms with E-state index in [2.05, 4.69) is 24.4 Å². The molecule has 248 valence electrons. The van der Waals surface area contributed by atoms with Crippen LogP contribution in [0.1, 0.15) is 32.4 Å². The van der Waals surface area contributed by atoms with Crippen LogP contribution in [0.5, 0.6) is 0 Å². The lowest BCUT2D eigenvalue weighted by atomic mass is 9.74. The van der Waals surface area contributed by atoms with Crippen molar-refractivity contribution in [2.24, 2.45) is 23.9 Å². The van der Waals surface area contributed by atoms with Crippen molar-refractivity contribution in [3.8, 4) is 11.1 Å². The van der Waals surface area contributed by atoms with E-state index in [1.54, 1.807) is 12.1 Å². The van der Waals surface area contributed by atoms with E-state index in [0.717, 1.165) is 35.4 Å². The molecule has 1 aliphatic rings. The molecule has 0 aliphatic carbocycles. The fourth-order valence-corrected chi connectivity index (χ4v) is 5.74. The monoisotopic (exact) mass is 678 g/mol. The molecule has 1 unspecified atom stereocenters. The molecule has 46 heavy (non-hydrogen) atoms. The van der Waals surface area contributed by atoms with Gasteiger partial charge in [0.05, 0.1) is 36.3 Å². The Kier molecular flexibility index (Phi) is 10.4. The number of thiazole rings is 1.